The lowest BCUT2D eigenvalue weighted by Gasteiger charge is -2.40. The summed E-state index contributed by atoms with van der Waals surface area (Å²) < 4.78 is 36.3. The van der Waals surface area contributed by atoms with E-state index < -0.39 is 11.9 Å². The molecule has 1 amide bonds. The van der Waals surface area contributed by atoms with Crippen LogP contribution in [0.25, 0.3) is 0 Å². The minimum Gasteiger partial charge on any atom is -0.477 e. The van der Waals surface area contributed by atoms with Crippen LogP contribution in [0.4, 0.5) is 14.5 Å². The van der Waals surface area contributed by atoms with Crippen molar-refractivity contribution >= 4 is 17.6 Å². The summed E-state index contributed by atoms with van der Waals surface area (Å²) in [6, 6.07) is 2.78. The molecular formula is C19H26F2N4O5. The molecule has 3 heterocycles. The van der Waals surface area contributed by atoms with Gasteiger partial charge in [0, 0.05) is 13.5 Å². The largest absolute Gasteiger partial charge is 0.477 e. The molecule has 1 aliphatic carbocycles. The van der Waals surface area contributed by atoms with Crippen molar-refractivity contribution < 1.29 is 33.0 Å². The summed E-state index contributed by atoms with van der Waals surface area (Å²) in [4.78, 5) is 27.1. The summed E-state index contributed by atoms with van der Waals surface area (Å²) in [6.07, 6.45) is 2.52. The van der Waals surface area contributed by atoms with Crippen LogP contribution >= 0.6 is 0 Å². The average Bonchev–Trinajstić information content (AvgIpc) is 3.47. The first-order chi connectivity index (χ1) is 14.1. The molecule has 1 saturated carbocycles. The minimum absolute atomic E-state index is 0.0224. The quantitative estimate of drug-likeness (QED) is 0.584. The van der Waals surface area contributed by atoms with Gasteiger partial charge in [-0.1, -0.05) is 0 Å². The summed E-state index contributed by atoms with van der Waals surface area (Å²) in [5, 5.41) is 11.4. The van der Waals surface area contributed by atoms with E-state index in [9.17, 15) is 18.4 Å². The number of hydrogen-bond acceptors (Lipinski definition) is 7. The molecular weight excluding hydrogens is 402 g/mol. The monoisotopic (exact) mass is 428 g/mol. The predicted molar refractivity (Wildman–Crippen MR) is 103 cm³/mol. The maximum atomic E-state index is 12.9. The van der Waals surface area contributed by atoms with Gasteiger partial charge in [0.2, 0.25) is 11.8 Å². The van der Waals surface area contributed by atoms with Crippen LogP contribution in [-0.2, 0) is 9.53 Å². The van der Waals surface area contributed by atoms with E-state index in [0.717, 1.165) is 12.8 Å². The van der Waals surface area contributed by atoms with Crippen LogP contribution in [0.1, 0.15) is 29.8 Å². The van der Waals surface area contributed by atoms with E-state index in [1.54, 1.807) is 7.05 Å². The molecule has 0 radical (unpaired) electrons. The lowest BCUT2D eigenvalue weighted by atomic mass is 9.94. The van der Waals surface area contributed by atoms with Crippen LogP contribution in [0.5, 0.6) is 5.88 Å². The number of amides is 1. The van der Waals surface area contributed by atoms with E-state index in [1.807, 2.05) is 0 Å². The van der Waals surface area contributed by atoms with Gasteiger partial charge in [0.15, 0.2) is 5.69 Å². The topological polar surface area (TPSA) is 127 Å². The zero-order chi connectivity index (χ0) is 21.9. The Kier molecular flexibility index (Phi) is 6.41. The smallest absolute Gasteiger partial charge is 0.354 e. The Hall–Kier alpha value is -2.53. The van der Waals surface area contributed by atoms with Gasteiger partial charge in [-0.05, 0) is 30.9 Å². The number of nitrogens with one attached hydrogen (secondary N) is 1. The van der Waals surface area contributed by atoms with Crippen molar-refractivity contribution in [1.82, 2.24) is 10.3 Å². The molecule has 11 heteroatoms. The SMILES string of the molecule is CNC(=O)CC1(N)COC1.O=C(O)c1ccc(N2CC(F)(F)C2)c(OCC2CC2)n1. The molecule has 3 aliphatic rings. The minimum atomic E-state index is -2.70. The molecule has 3 fully saturated rings. The standard InChI is InChI=1S/C13H14F2N2O3.C6H12N2O2/c14-13(15)6-17(7-13)10-4-3-9(12(18)19)16-11(10)20-5-8-1-2-8;1-8-5(9)2-6(7)3-10-4-6/h3-4,8H,1-2,5-7H2,(H,18,19);2-4,7H2,1H3,(H,8,9). The summed E-state index contributed by atoms with van der Waals surface area (Å²) >= 11 is 0. The summed E-state index contributed by atoms with van der Waals surface area (Å²) in [7, 11) is 1.60. The molecule has 30 heavy (non-hydrogen) atoms. The Labute approximate surface area is 172 Å². The fraction of sp³-hybridized carbons (Fsp3) is 0.632. The number of carboxylic acid groups (broad SMARTS) is 1. The number of hydrogen-bond donors (Lipinski definition) is 3. The Balaban J connectivity index is 0.000000216. The second-order valence-corrected chi connectivity index (χ2v) is 8.00. The normalized spacial score (nSPS) is 20.7. The van der Waals surface area contributed by atoms with Crippen molar-refractivity contribution in [2.24, 2.45) is 11.7 Å². The number of aromatic carboxylic acids is 1. The first-order valence-electron chi connectivity index (χ1n) is 9.68. The Bertz CT molecular complexity index is 791. The Morgan fingerprint density at radius 3 is 2.50 bits per heavy atom. The van der Waals surface area contributed by atoms with Crippen molar-refractivity contribution in [3.05, 3.63) is 17.8 Å². The molecule has 1 aromatic heterocycles. The van der Waals surface area contributed by atoms with Crippen LogP contribution in [0, 0.1) is 5.92 Å². The molecule has 0 spiro atoms. The molecule has 0 unspecified atom stereocenters. The van der Waals surface area contributed by atoms with Crippen LogP contribution < -0.4 is 20.7 Å². The van der Waals surface area contributed by atoms with E-state index in [0.29, 0.717) is 37.8 Å². The Morgan fingerprint density at radius 2 is 2.03 bits per heavy atom. The number of rotatable bonds is 7. The zero-order valence-electron chi connectivity index (χ0n) is 16.7. The number of pyridine rings is 1. The number of nitrogens with two attached hydrogens (primary N) is 1. The number of halogens is 2. The van der Waals surface area contributed by atoms with Crippen molar-refractivity contribution in [1.29, 1.82) is 0 Å². The first kappa shape index (κ1) is 22.2. The van der Waals surface area contributed by atoms with Crippen LogP contribution in [0.3, 0.4) is 0 Å². The fourth-order valence-electron chi connectivity index (χ4n) is 2.94. The second-order valence-electron chi connectivity index (χ2n) is 8.00. The molecule has 2 saturated heterocycles. The number of nitrogens with zero attached hydrogens (tertiary/aromatic N) is 2. The van der Waals surface area contributed by atoms with Gasteiger partial charge < -0.3 is 30.5 Å². The van der Waals surface area contributed by atoms with E-state index in [1.165, 1.54) is 17.0 Å². The van der Waals surface area contributed by atoms with Gasteiger partial charge in [-0.2, -0.15) is 0 Å². The average molecular weight is 428 g/mol. The number of anilines is 1. The first-order valence-corrected chi connectivity index (χ1v) is 9.68. The third-order valence-electron chi connectivity index (χ3n) is 4.97. The van der Waals surface area contributed by atoms with Crippen LogP contribution in [0.2, 0.25) is 0 Å². The molecule has 4 N–H and O–H groups in total. The lowest BCUT2D eigenvalue weighted by molar-refractivity contribution is -0.127. The van der Waals surface area contributed by atoms with Crippen molar-refractivity contribution in [3.8, 4) is 5.88 Å². The maximum Gasteiger partial charge on any atom is 0.354 e. The molecule has 1 aromatic rings. The van der Waals surface area contributed by atoms with Gasteiger partial charge in [0.1, 0.15) is 5.69 Å². The summed E-state index contributed by atoms with van der Waals surface area (Å²) in [5.41, 5.74) is 5.59. The highest BCUT2D eigenvalue weighted by Crippen LogP contribution is 2.37. The maximum absolute atomic E-state index is 12.9. The van der Waals surface area contributed by atoms with Gasteiger partial charge in [-0.3, -0.25) is 4.79 Å². The lowest BCUT2D eigenvalue weighted by Crippen LogP contribution is -2.59. The third kappa shape index (κ3) is 5.76. The second kappa shape index (κ2) is 8.68. The van der Waals surface area contributed by atoms with Gasteiger partial charge >= 0.3 is 5.97 Å². The third-order valence-corrected chi connectivity index (χ3v) is 4.97. The molecule has 0 aromatic carbocycles. The van der Waals surface area contributed by atoms with Crippen LogP contribution in [-0.4, -0.2) is 73.4 Å². The number of ether oxygens (including phenoxy) is 2. The van der Waals surface area contributed by atoms with E-state index in [2.05, 4.69) is 10.3 Å². The van der Waals surface area contributed by atoms with Crippen molar-refractivity contribution in [2.45, 2.75) is 30.7 Å². The zero-order valence-corrected chi connectivity index (χ0v) is 16.7. The summed E-state index contributed by atoms with van der Waals surface area (Å²) in [5.74, 6) is -3.28. The number of carboxylic acids is 1. The highest BCUT2D eigenvalue weighted by molar-refractivity contribution is 5.86. The fourth-order valence-corrected chi connectivity index (χ4v) is 2.94. The molecule has 0 atom stereocenters. The molecule has 2 aliphatic heterocycles. The number of aromatic nitrogens is 1. The summed E-state index contributed by atoms with van der Waals surface area (Å²) in [6.45, 7) is 0.677. The number of alkyl halides is 2. The predicted octanol–water partition coefficient (Wildman–Crippen LogP) is 0.874. The number of carbonyl (C=O) groups excluding carboxylic acids is 1. The van der Waals surface area contributed by atoms with Crippen molar-refractivity contribution in [3.63, 3.8) is 0 Å². The van der Waals surface area contributed by atoms with Crippen LogP contribution in [0.15, 0.2) is 12.1 Å². The van der Waals surface area contributed by atoms with Gasteiger partial charge in [-0.25, -0.2) is 18.6 Å². The highest BCUT2D eigenvalue weighted by atomic mass is 19.3. The molecule has 0 bridgehead atoms. The van der Waals surface area contributed by atoms with E-state index in [4.69, 9.17) is 20.3 Å². The van der Waals surface area contributed by atoms with E-state index >= 15 is 0 Å². The van der Waals surface area contributed by atoms with Gasteiger partial charge in [-0.15, -0.1) is 0 Å². The Morgan fingerprint density at radius 1 is 1.37 bits per heavy atom. The highest BCUT2D eigenvalue weighted by Gasteiger charge is 2.45. The van der Waals surface area contributed by atoms with Gasteiger partial charge in [0.05, 0.1) is 38.4 Å². The molecule has 166 valence electrons. The molecule has 4 rings (SSSR count). The van der Waals surface area contributed by atoms with Gasteiger partial charge in [0.25, 0.3) is 5.92 Å². The van der Waals surface area contributed by atoms with E-state index in [-0.39, 0.29) is 36.1 Å². The number of carbonyl (C=O) groups is 2. The van der Waals surface area contributed by atoms with Crippen molar-refractivity contribution in [2.75, 3.05) is 44.9 Å². The molecule has 9 nitrogen and oxygen atoms in total.